The zero-order valence-electron chi connectivity index (χ0n) is 14.0. The van der Waals surface area contributed by atoms with Crippen molar-refractivity contribution in [2.75, 3.05) is 31.1 Å². The number of amides is 1. The van der Waals surface area contributed by atoms with Gasteiger partial charge in [0.25, 0.3) is 5.91 Å². The standard InChI is InChI=1S/C17H23N5O/c1-13-12-15(14(2)20(13)3)16(23)21-8-5-9-22(11-10-21)17-18-6-4-7-19-17/h4,6-7,12H,5,8-11H2,1-3H3. The first-order valence-corrected chi connectivity index (χ1v) is 8.02. The number of hydrogen-bond acceptors (Lipinski definition) is 4. The molecule has 3 heterocycles. The Kier molecular flexibility index (Phi) is 4.32. The number of carbonyl (C=O) groups excluding carboxylic acids is 1. The molecular formula is C17H23N5O. The predicted molar refractivity (Wildman–Crippen MR) is 89.7 cm³/mol. The summed E-state index contributed by atoms with van der Waals surface area (Å²) in [6.07, 6.45) is 4.44. The molecule has 2 aromatic rings. The fourth-order valence-corrected chi connectivity index (χ4v) is 3.02. The van der Waals surface area contributed by atoms with Crippen molar-refractivity contribution >= 4 is 11.9 Å². The SMILES string of the molecule is Cc1cc(C(=O)N2CCCN(c3ncccn3)CC2)c(C)n1C. The van der Waals surface area contributed by atoms with E-state index in [2.05, 4.69) is 19.4 Å². The number of hydrogen-bond donors (Lipinski definition) is 0. The summed E-state index contributed by atoms with van der Waals surface area (Å²) in [6.45, 7) is 7.14. The Morgan fingerprint density at radius 3 is 2.48 bits per heavy atom. The second kappa shape index (κ2) is 6.40. The largest absolute Gasteiger partial charge is 0.351 e. The van der Waals surface area contributed by atoms with Crippen LogP contribution in [0, 0.1) is 13.8 Å². The molecule has 0 aromatic carbocycles. The van der Waals surface area contributed by atoms with Gasteiger partial charge in [0.1, 0.15) is 0 Å². The second-order valence-electron chi connectivity index (χ2n) is 6.03. The van der Waals surface area contributed by atoms with Crippen molar-refractivity contribution < 1.29 is 4.79 Å². The molecule has 23 heavy (non-hydrogen) atoms. The van der Waals surface area contributed by atoms with E-state index in [0.29, 0.717) is 6.54 Å². The molecule has 1 aliphatic heterocycles. The van der Waals surface area contributed by atoms with Gasteiger partial charge in [-0.15, -0.1) is 0 Å². The molecule has 1 amide bonds. The van der Waals surface area contributed by atoms with Gasteiger partial charge >= 0.3 is 0 Å². The van der Waals surface area contributed by atoms with Crippen LogP contribution in [0.25, 0.3) is 0 Å². The first-order valence-electron chi connectivity index (χ1n) is 8.02. The summed E-state index contributed by atoms with van der Waals surface area (Å²) >= 11 is 0. The van der Waals surface area contributed by atoms with Crippen LogP contribution >= 0.6 is 0 Å². The van der Waals surface area contributed by atoms with Crippen LogP contribution < -0.4 is 4.90 Å². The van der Waals surface area contributed by atoms with Gasteiger partial charge in [0.15, 0.2) is 0 Å². The molecule has 0 saturated carbocycles. The highest BCUT2D eigenvalue weighted by Gasteiger charge is 2.23. The molecule has 0 aliphatic carbocycles. The van der Waals surface area contributed by atoms with Crippen molar-refractivity contribution in [3.8, 4) is 0 Å². The molecule has 0 bridgehead atoms. The molecule has 3 rings (SSSR count). The van der Waals surface area contributed by atoms with Gasteiger partial charge < -0.3 is 14.4 Å². The lowest BCUT2D eigenvalue weighted by Gasteiger charge is -2.22. The van der Waals surface area contributed by atoms with E-state index >= 15 is 0 Å². The van der Waals surface area contributed by atoms with Crippen LogP contribution in [0.1, 0.15) is 28.2 Å². The van der Waals surface area contributed by atoms with Gasteiger partial charge in [-0.1, -0.05) is 0 Å². The van der Waals surface area contributed by atoms with Crippen molar-refractivity contribution in [1.29, 1.82) is 0 Å². The lowest BCUT2D eigenvalue weighted by molar-refractivity contribution is 0.0766. The van der Waals surface area contributed by atoms with Gasteiger partial charge in [0, 0.05) is 57.0 Å². The maximum atomic E-state index is 12.8. The van der Waals surface area contributed by atoms with Crippen LogP contribution in [0.2, 0.25) is 0 Å². The molecule has 0 radical (unpaired) electrons. The zero-order valence-corrected chi connectivity index (χ0v) is 14.0. The Hall–Kier alpha value is -2.37. The maximum absolute atomic E-state index is 12.8. The fraction of sp³-hybridized carbons (Fsp3) is 0.471. The summed E-state index contributed by atoms with van der Waals surface area (Å²) in [7, 11) is 2.00. The van der Waals surface area contributed by atoms with Gasteiger partial charge in [-0.3, -0.25) is 4.79 Å². The first kappa shape index (κ1) is 15.5. The average molecular weight is 313 g/mol. The minimum absolute atomic E-state index is 0.127. The van der Waals surface area contributed by atoms with Gasteiger partial charge in [-0.05, 0) is 32.4 Å². The molecule has 0 unspecified atom stereocenters. The summed E-state index contributed by atoms with van der Waals surface area (Å²) in [5.74, 6) is 0.871. The molecule has 0 spiro atoms. The Bertz CT molecular complexity index is 695. The average Bonchev–Trinajstić information content (AvgIpc) is 2.78. The highest BCUT2D eigenvalue weighted by atomic mass is 16.2. The van der Waals surface area contributed by atoms with Crippen molar-refractivity contribution in [1.82, 2.24) is 19.4 Å². The summed E-state index contributed by atoms with van der Waals surface area (Å²) in [5.41, 5.74) is 2.95. The lowest BCUT2D eigenvalue weighted by Crippen LogP contribution is -2.35. The van der Waals surface area contributed by atoms with Crippen molar-refractivity contribution in [2.45, 2.75) is 20.3 Å². The van der Waals surface area contributed by atoms with Crippen molar-refractivity contribution in [3.63, 3.8) is 0 Å². The van der Waals surface area contributed by atoms with E-state index in [1.54, 1.807) is 12.4 Å². The van der Waals surface area contributed by atoms with Crippen LogP contribution in [-0.2, 0) is 7.05 Å². The first-order chi connectivity index (χ1) is 11.1. The molecular weight excluding hydrogens is 290 g/mol. The minimum atomic E-state index is 0.127. The van der Waals surface area contributed by atoms with Gasteiger partial charge in [0.2, 0.25) is 5.95 Å². The van der Waals surface area contributed by atoms with Gasteiger partial charge in [-0.25, -0.2) is 9.97 Å². The molecule has 1 fully saturated rings. The molecule has 1 saturated heterocycles. The monoisotopic (exact) mass is 313 g/mol. The third-order valence-corrected chi connectivity index (χ3v) is 4.62. The van der Waals surface area contributed by atoms with Crippen LogP contribution in [0.3, 0.4) is 0 Å². The summed E-state index contributed by atoms with van der Waals surface area (Å²) < 4.78 is 2.06. The van der Waals surface area contributed by atoms with Crippen LogP contribution in [0.15, 0.2) is 24.5 Å². The molecule has 122 valence electrons. The van der Waals surface area contributed by atoms with Crippen molar-refractivity contribution in [2.24, 2.45) is 7.05 Å². The fourth-order valence-electron chi connectivity index (χ4n) is 3.02. The van der Waals surface area contributed by atoms with Crippen LogP contribution in [-0.4, -0.2) is 51.5 Å². The Labute approximate surface area is 136 Å². The molecule has 1 aliphatic rings. The topological polar surface area (TPSA) is 54.3 Å². The quantitative estimate of drug-likeness (QED) is 0.848. The summed E-state index contributed by atoms with van der Waals surface area (Å²) in [6, 6.07) is 3.80. The Balaban J connectivity index is 1.73. The minimum Gasteiger partial charge on any atom is -0.351 e. The number of carbonyl (C=O) groups is 1. The van der Waals surface area contributed by atoms with E-state index in [4.69, 9.17) is 0 Å². The zero-order chi connectivity index (χ0) is 16.4. The molecule has 6 nitrogen and oxygen atoms in total. The third kappa shape index (κ3) is 3.06. The van der Waals surface area contributed by atoms with E-state index in [-0.39, 0.29) is 5.91 Å². The Morgan fingerprint density at radius 2 is 1.83 bits per heavy atom. The number of nitrogens with zero attached hydrogens (tertiary/aromatic N) is 5. The highest BCUT2D eigenvalue weighted by Crippen LogP contribution is 2.17. The number of aromatic nitrogens is 3. The van der Waals surface area contributed by atoms with Crippen LogP contribution in [0.5, 0.6) is 0 Å². The molecule has 0 atom stereocenters. The summed E-state index contributed by atoms with van der Waals surface area (Å²) in [4.78, 5) is 25.6. The second-order valence-corrected chi connectivity index (χ2v) is 6.03. The number of rotatable bonds is 2. The number of anilines is 1. The number of aryl methyl sites for hydroxylation is 1. The van der Waals surface area contributed by atoms with E-state index < -0.39 is 0 Å². The highest BCUT2D eigenvalue weighted by molar-refractivity contribution is 5.95. The summed E-state index contributed by atoms with van der Waals surface area (Å²) in [5, 5.41) is 0. The van der Waals surface area contributed by atoms with Gasteiger partial charge in [-0.2, -0.15) is 0 Å². The van der Waals surface area contributed by atoms with Crippen LogP contribution in [0.4, 0.5) is 5.95 Å². The maximum Gasteiger partial charge on any atom is 0.255 e. The predicted octanol–water partition coefficient (Wildman–Crippen LogP) is 1.78. The molecule has 0 N–H and O–H groups in total. The lowest BCUT2D eigenvalue weighted by atomic mass is 10.2. The third-order valence-electron chi connectivity index (χ3n) is 4.62. The molecule has 6 heteroatoms. The smallest absolute Gasteiger partial charge is 0.255 e. The van der Waals surface area contributed by atoms with E-state index in [1.165, 1.54) is 0 Å². The Morgan fingerprint density at radius 1 is 1.09 bits per heavy atom. The van der Waals surface area contributed by atoms with E-state index in [1.807, 2.05) is 37.9 Å². The van der Waals surface area contributed by atoms with E-state index in [9.17, 15) is 4.79 Å². The molecule has 2 aromatic heterocycles. The normalized spacial score (nSPS) is 15.6. The van der Waals surface area contributed by atoms with Gasteiger partial charge in [0.05, 0.1) is 5.56 Å². The van der Waals surface area contributed by atoms with E-state index in [0.717, 1.165) is 49.0 Å². The van der Waals surface area contributed by atoms with Crippen molar-refractivity contribution in [3.05, 3.63) is 41.5 Å².